The van der Waals surface area contributed by atoms with Crippen molar-refractivity contribution in [3.05, 3.63) is 35.1 Å². The first-order valence-electron chi connectivity index (χ1n) is 5.89. The van der Waals surface area contributed by atoms with Gasteiger partial charge in [0.2, 0.25) is 0 Å². The van der Waals surface area contributed by atoms with Crippen LogP contribution in [-0.2, 0) is 11.4 Å². The largest absolute Gasteiger partial charge is 0.598 e. The Morgan fingerprint density at radius 1 is 1.21 bits per heavy atom. The summed E-state index contributed by atoms with van der Waals surface area (Å²) in [5.41, 5.74) is -0.539. The molecule has 19 heavy (non-hydrogen) atoms. The topological polar surface area (TPSA) is 35.1 Å². The molecule has 0 aliphatic carbocycles. The van der Waals surface area contributed by atoms with Crippen LogP contribution >= 0.6 is 0 Å². The molecule has 2 nitrogen and oxygen atoms in total. The van der Waals surface area contributed by atoms with E-state index in [4.69, 9.17) is 0 Å². The van der Waals surface area contributed by atoms with Gasteiger partial charge in [-0.15, -0.1) is 4.72 Å². The summed E-state index contributed by atoms with van der Waals surface area (Å²) in [6, 6.07) is 3.23. The number of hydrogen-bond acceptors (Lipinski definition) is 2. The highest BCUT2D eigenvalue weighted by Gasteiger charge is 2.29. The average Bonchev–Trinajstić information content (AvgIpc) is 2.27. The molecule has 0 aliphatic rings. The van der Waals surface area contributed by atoms with E-state index in [9.17, 15) is 17.7 Å². The summed E-state index contributed by atoms with van der Waals surface area (Å²) in [6.45, 7) is 6.91. The van der Waals surface area contributed by atoms with Gasteiger partial charge in [0.05, 0.1) is 11.6 Å². The van der Waals surface area contributed by atoms with Gasteiger partial charge in [-0.3, -0.25) is 0 Å². The van der Waals surface area contributed by atoms with E-state index in [-0.39, 0.29) is 5.56 Å². The fraction of sp³-hybridized carbons (Fsp3) is 0.538. The third-order valence-corrected chi connectivity index (χ3v) is 4.28. The molecule has 0 saturated heterocycles. The molecule has 0 amide bonds. The summed E-state index contributed by atoms with van der Waals surface area (Å²) in [5, 5.41) is 0. The number of nitrogens with one attached hydrogen (secondary N) is 1. The summed E-state index contributed by atoms with van der Waals surface area (Å²) >= 11 is -1.40. The van der Waals surface area contributed by atoms with Gasteiger partial charge in [-0.2, -0.15) is 0 Å². The molecule has 0 heterocycles. The highest BCUT2D eigenvalue weighted by Crippen LogP contribution is 2.28. The summed E-state index contributed by atoms with van der Waals surface area (Å²) in [5.74, 6) is -0.941. The van der Waals surface area contributed by atoms with Crippen molar-refractivity contribution in [2.75, 3.05) is 0 Å². The summed E-state index contributed by atoms with van der Waals surface area (Å²) < 4.78 is 53.2. The zero-order chi connectivity index (χ0) is 14.8. The van der Waals surface area contributed by atoms with E-state index in [1.165, 1.54) is 12.1 Å². The van der Waals surface area contributed by atoms with Gasteiger partial charge in [-0.05, 0) is 27.7 Å². The van der Waals surface area contributed by atoms with Crippen LogP contribution in [-0.4, -0.2) is 9.30 Å². The molecule has 0 bridgehead atoms. The maximum absolute atomic E-state index is 13.9. The molecule has 0 unspecified atom stereocenters. The zero-order valence-electron chi connectivity index (χ0n) is 11.3. The van der Waals surface area contributed by atoms with Crippen molar-refractivity contribution in [3.63, 3.8) is 0 Å². The van der Waals surface area contributed by atoms with Gasteiger partial charge >= 0.3 is 0 Å². The van der Waals surface area contributed by atoms with E-state index >= 15 is 0 Å². The van der Waals surface area contributed by atoms with Crippen LogP contribution in [0.2, 0.25) is 0 Å². The Morgan fingerprint density at radius 2 is 1.74 bits per heavy atom. The van der Waals surface area contributed by atoms with Crippen molar-refractivity contribution < 1.29 is 17.7 Å². The maximum atomic E-state index is 13.9. The molecule has 1 aromatic carbocycles. The van der Waals surface area contributed by atoms with Gasteiger partial charge in [0, 0.05) is 16.9 Å². The fourth-order valence-electron chi connectivity index (χ4n) is 1.47. The number of hydrogen-bond donors (Lipinski definition) is 1. The molecule has 0 saturated carbocycles. The van der Waals surface area contributed by atoms with Crippen molar-refractivity contribution in [3.8, 4) is 0 Å². The molecule has 108 valence electrons. The molecule has 0 fully saturated rings. The van der Waals surface area contributed by atoms with Crippen molar-refractivity contribution in [1.29, 1.82) is 0 Å². The minimum absolute atomic E-state index is 0.0930. The summed E-state index contributed by atoms with van der Waals surface area (Å²) in [7, 11) is 0. The number of halogens is 3. The first-order chi connectivity index (χ1) is 8.64. The second-order valence-corrected chi connectivity index (χ2v) is 7.27. The molecule has 1 rings (SSSR count). The molecule has 0 aliphatic heterocycles. The molecule has 6 heteroatoms. The minimum Gasteiger partial charge on any atom is -0.598 e. The van der Waals surface area contributed by atoms with Gasteiger partial charge in [0.15, 0.2) is 0 Å². The first-order valence-corrected chi connectivity index (χ1v) is 7.04. The van der Waals surface area contributed by atoms with Crippen molar-refractivity contribution in [2.24, 2.45) is 0 Å². The van der Waals surface area contributed by atoms with Gasteiger partial charge in [0.25, 0.3) is 6.43 Å². The van der Waals surface area contributed by atoms with Crippen LogP contribution in [0.1, 0.15) is 51.3 Å². The van der Waals surface area contributed by atoms with E-state index in [0.29, 0.717) is 0 Å². The summed E-state index contributed by atoms with van der Waals surface area (Å²) in [6.07, 6.45) is -2.86. The minimum atomic E-state index is -2.86. The first kappa shape index (κ1) is 16.3. The standard InChI is InChI=1S/C13H18F3NOS/c1-8(17-19(18)13(2,3)4)9-6-5-7-10(11(9)14)12(15)16/h5-8,12,17H,1-4H3/t8-,19+/m0/s1. The van der Waals surface area contributed by atoms with Crippen LogP contribution in [0.5, 0.6) is 0 Å². The Bertz CT molecular complexity index is 434. The van der Waals surface area contributed by atoms with Crippen LogP contribution in [0.15, 0.2) is 18.2 Å². The van der Waals surface area contributed by atoms with Crippen LogP contribution in [0.4, 0.5) is 13.2 Å². The second kappa shape index (κ2) is 6.15. The van der Waals surface area contributed by atoms with Crippen LogP contribution in [0.25, 0.3) is 0 Å². The van der Waals surface area contributed by atoms with Crippen molar-refractivity contribution in [2.45, 2.75) is 44.9 Å². The maximum Gasteiger partial charge on any atom is 0.266 e. The van der Waals surface area contributed by atoms with Gasteiger partial charge in [0.1, 0.15) is 10.6 Å². The van der Waals surface area contributed by atoms with E-state index in [1.54, 1.807) is 27.7 Å². The van der Waals surface area contributed by atoms with Gasteiger partial charge in [-0.1, -0.05) is 18.2 Å². The second-order valence-electron chi connectivity index (χ2n) is 5.27. The van der Waals surface area contributed by atoms with Gasteiger partial charge < -0.3 is 4.55 Å². The van der Waals surface area contributed by atoms with Crippen molar-refractivity contribution >= 4 is 11.4 Å². The molecule has 0 aromatic heterocycles. The molecule has 2 atom stereocenters. The molecule has 0 spiro atoms. The van der Waals surface area contributed by atoms with Crippen LogP contribution < -0.4 is 4.72 Å². The lowest BCUT2D eigenvalue weighted by Crippen LogP contribution is -2.40. The monoisotopic (exact) mass is 293 g/mol. The Labute approximate surface area is 114 Å². The van der Waals surface area contributed by atoms with E-state index in [2.05, 4.69) is 4.72 Å². The molecule has 1 aromatic rings. The fourth-order valence-corrected chi connectivity index (χ4v) is 2.27. The Morgan fingerprint density at radius 3 is 2.21 bits per heavy atom. The van der Waals surface area contributed by atoms with Crippen LogP contribution in [0, 0.1) is 5.82 Å². The normalized spacial score (nSPS) is 15.6. The highest BCUT2D eigenvalue weighted by atomic mass is 32.2. The lowest BCUT2D eigenvalue weighted by atomic mass is 10.0. The average molecular weight is 293 g/mol. The number of benzene rings is 1. The lowest BCUT2D eigenvalue weighted by molar-refractivity contribution is 0.146. The van der Waals surface area contributed by atoms with Crippen molar-refractivity contribution in [1.82, 2.24) is 4.72 Å². The Kier molecular flexibility index (Phi) is 5.29. The highest BCUT2D eigenvalue weighted by molar-refractivity contribution is 7.90. The molecular weight excluding hydrogens is 275 g/mol. The molecule has 0 radical (unpaired) electrons. The van der Waals surface area contributed by atoms with E-state index in [0.717, 1.165) is 6.07 Å². The number of alkyl halides is 2. The molecular formula is C13H18F3NOS. The molecule has 1 N–H and O–H groups in total. The third kappa shape index (κ3) is 4.12. The lowest BCUT2D eigenvalue weighted by Gasteiger charge is -2.26. The predicted octanol–water partition coefficient (Wildman–Crippen LogP) is 3.88. The smallest absolute Gasteiger partial charge is 0.266 e. The number of rotatable bonds is 4. The van der Waals surface area contributed by atoms with Crippen LogP contribution in [0.3, 0.4) is 0 Å². The van der Waals surface area contributed by atoms with Gasteiger partial charge in [-0.25, -0.2) is 13.2 Å². The quantitative estimate of drug-likeness (QED) is 0.855. The summed E-state index contributed by atoms with van der Waals surface area (Å²) in [4.78, 5) is 0. The SMILES string of the molecule is C[C@H](N[S@+]([O-])C(C)(C)C)c1cccc(C(F)F)c1F. The zero-order valence-corrected chi connectivity index (χ0v) is 12.2. The Balaban J connectivity index is 2.95. The Hall–Kier alpha value is -0.720. The predicted molar refractivity (Wildman–Crippen MR) is 70.8 cm³/mol. The van der Waals surface area contributed by atoms with E-state index in [1.807, 2.05) is 0 Å². The van der Waals surface area contributed by atoms with E-state index < -0.39 is 40.0 Å². The third-order valence-electron chi connectivity index (χ3n) is 2.60.